The van der Waals surface area contributed by atoms with Crippen molar-refractivity contribution in [2.75, 3.05) is 18.9 Å². The topological polar surface area (TPSA) is 58.1 Å². The van der Waals surface area contributed by atoms with Gasteiger partial charge < -0.3 is 10.2 Å². The fraction of sp³-hybridized carbons (Fsp3) is 0.308. The maximum atomic E-state index is 12.4. The van der Waals surface area contributed by atoms with Crippen LogP contribution in [-0.4, -0.2) is 34.4 Å². The van der Waals surface area contributed by atoms with Gasteiger partial charge in [-0.15, -0.1) is 11.3 Å². The lowest BCUT2D eigenvalue weighted by molar-refractivity contribution is 0.0748. The molecule has 2 aromatic heterocycles. The molecule has 0 saturated heterocycles. The lowest BCUT2D eigenvalue weighted by atomic mass is 10.3. The van der Waals surface area contributed by atoms with Crippen molar-refractivity contribution >= 4 is 23.1 Å². The van der Waals surface area contributed by atoms with Crippen LogP contribution in [0.25, 0.3) is 0 Å². The van der Waals surface area contributed by atoms with E-state index in [0.29, 0.717) is 24.6 Å². The number of thiophene rings is 1. The van der Waals surface area contributed by atoms with Crippen molar-refractivity contribution < 1.29 is 4.79 Å². The minimum atomic E-state index is -0.0968. The summed E-state index contributed by atoms with van der Waals surface area (Å²) < 4.78 is 0. The Morgan fingerprint density at radius 1 is 1.47 bits per heavy atom. The van der Waals surface area contributed by atoms with Crippen LogP contribution in [0, 0.1) is 0 Å². The SMILES string of the molecule is CCN(Cc1cccs1)C(=O)c1cncc(NC)n1. The third-order valence-corrected chi connectivity index (χ3v) is 3.57. The second-order valence-electron chi connectivity index (χ2n) is 3.94. The largest absolute Gasteiger partial charge is 0.372 e. The molecule has 0 aliphatic rings. The molecule has 1 N–H and O–H groups in total. The van der Waals surface area contributed by atoms with Crippen molar-refractivity contribution in [3.63, 3.8) is 0 Å². The van der Waals surface area contributed by atoms with Crippen molar-refractivity contribution in [1.29, 1.82) is 0 Å². The van der Waals surface area contributed by atoms with E-state index in [1.807, 2.05) is 24.4 Å². The van der Waals surface area contributed by atoms with Gasteiger partial charge in [-0.1, -0.05) is 6.07 Å². The summed E-state index contributed by atoms with van der Waals surface area (Å²) >= 11 is 1.64. The van der Waals surface area contributed by atoms with Gasteiger partial charge in [0.15, 0.2) is 0 Å². The molecule has 0 fully saturated rings. The number of carbonyl (C=O) groups is 1. The molecular weight excluding hydrogens is 260 g/mol. The van der Waals surface area contributed by atoms with Gasteiger partial charge in [-0.3, -0.25) is 9.78 Å². The van der Waals surface area contributed by atoms with Crippen LogP contribution >= 0.6 is 11.3 Å². The summed E-state index contributed by atoms with van der Waals surface area (Å²) in [6.45, 7) is 3.21. The first-order valence-electron chi connectivity index (χ1n) is 6.06. The van der Waals surface area contributed by atoms with Gasteiger partial charge in [-0.2, -0.15) is 0 Å². The van der Waals surface area contributed by atoms with Gasteiger partial charge in [0, 0.05) is 18.5 Å². The first kappa shape index (κ1) is 13.5. The van der Waals surface area contributed by atoms with Crippen LogP contribution < -0.4 is 5.32 Å². The molecule has 0 radical (unpaired) electrons. The predicted octanol–water partition coefficient (Wildman–Crippen LogP) is 2.24. The molecule has 5 nitrogen and oxygen atoms in total. The summed E-state index contributed by atoms with van der Waals surface area (Å²) in [5.41, 5.74) is 0.366. The normalized spacial score (nSPS) is 10.2. The number of rotatable bonds is 5. The first-order chi connectivity index (χ1) is 9.24. The van der Waals surface area contributed by atoms with E-state index in [2.05, 4.69) is 15.3 Å². The smallest absolute Gasteiger partial charge is 0.274 e. The van der Waals surface area contributed by atoms with Crippen molar-refractivity contribution in [3.8, 4) is 0 Å². The second-order valence-corrected chi connectivity index (χ2v) is 4.97. The van der Waals surface area contributed by atoms with Gasteiger partial charge in [0.2, 0.25) is 0 Å². The molecule has 0 aliphatic heterocycles. The summed E-state index contributed by atoms with van der Waals surface area (Å²) in [5, 5.41) is 4.89. The minimum Gasteiger partial charge on any atom is -0.372 e. The highest BCUT2D eigenvalue weighted by Crippen LogP contribution is 2.14. The van der Waals surface area contributed by atoms with E-state index in [-0.39, 0.29) is 5.91 Å². The van der Waals surface area contributed by atoms with Crippen molar-refractivity contribution in [2.45, 2.75) is 13.5 Å². The molecule has 2 rings (SSSR count). The van der Waals surface area contributed by atoms with E-state index in [4.69, 9.17) is 0 Å². The van der Waals surface area contributed by atoms with Crippen molar-refractivity contribution in [2.24, 2.45) is 0 Å². The summed E-state index contributed by atoms with van der Waals surface area (Å²) in [5.74, 6) is 0.499. The first-order valence-corrected chi connectivity index (χ1v) is 6.94. The lowest BCUT2D eigenvalue weighted by Gasteiger charge is -2.19. The molecule has 0 atom stereocenters. The zero-order valence-corrected chi connectivity index (χ0v) is 11.8. The van der Waals surface area contributed by atoms with Crippen LogP contribution in [0.3, 0.4) is 0 Å². The quantitative estimate of drug-likeness (QED) is 0.910. The molecule has 19 heavy (non-hydrogen) atoms. The van der Waals surface area contributed by atoms with E-state index in [1.54, 1.807) is 29.5 Å². The fourth-order valence-corrected chi connectivity index (χ4v) is 2.39. The van der Waals surface area contributed by atoms with Crippen LogP contribution in [0.4, 0.5) is 5.82 Å². The van der Waals surface area contributed by atoms with Gasteiger partial charge in [0.1, 0.15) is 11.5 Å². The molecule has 0 spiro atoms. The van der Waals surface area contributed by atoms with E-state index >= 15 is 0 Å². The van der Waals surface area contributed by atoms with Crippen LogP contribution in [-0.2, 0) is 6.54 Å². The summed E-state index contributed by atoms with van der Waals surface area (Å²) in [7, 11) is 1.75. The zero-order chi connectivity index (χ0) is 13.7. The predicted molar refractivity (Wildman–Crippen MR) is 76.3 cm³/mol. The molecule has 100 valence electrons. The highest BCUT2D eigenvalue weighted by Gasteiger charge is 2.17. The zero-order valence-electron chi connectivity index (χ0n) is 11.0. The van der Waals surface area contributed by atoms with E-state index in [0.717, 1.165) is 4.88 Å². The Morgan fingerprint density at radius 2 is 2.32 bits per heavy atom. The van der Waals surface area contributed by atoms with E-state index in [9.17, 15) is 4.79 Å². The number of hydrogen-bond donors (Lipinski definition) is 1. The third kappa shape index (κ3) is 3.29. The molecule has 0 aromatic carbocycles. The average molecular weight is 276 g/mol. The highest BCUT2D eigenvalue weighted by molar-refractivity contribution is 7.09. The molecular formula is C13H16N4OS. The number of nitrogens with one attached hydrogen (secondary N) is 1. The number of hydrogen-bond acceptors (Lipinski definition) is 5. The van der Waals surface area contributed by atoms with Gasteiger partial charge in [-0.05, 0) is 18.4 Å². The van der Waals surface area contributed by atoms with Crippen LogP contribution in [0.5, 0.6) is 0 Å². The Kier molecular flexibility index (Phi) is 4.46. The van der Waals surface area contributed by atoms with Gasteiger partial charge in [0.25, 0.3) is 5.91 Å². The fourth-order valence-electron chi connectivity index (χ4n) is 1.67. The molecule has 2 aromatic rings. The lowest BCUT2D eigenvalue weighted by Crippen LogP contribution is -2.30. The summed E-state index contributed by atoms with van der Waals surface area (Å²) in [6.07, 6.45) is 3.09. The molecule has 1 amide bonds. The third-order valence-electron chi connectivity index (χ3n) is 2.71. The Bertz CT molecular complexity index is 541. The molecule has 0 saturated carbocycles. The Labute approximate surface area is 116 Å². The molecule has 0 bridgehead atoms. The minimum absolute atomic E-state index is 0.0968. The maximum absolute atomic E-state index is 12.4. The second kappa shape index (κ2) is 6.29. The number of aromatic nitrogens is 2. The molecule has 6 heteroatoms. The Hall–Kier alpha value is -1.95. The number of amides is 1. The number of carbonyl (C=O) groups excluding carboxylic acids is 1. The van der Waals surface area contributed by atoms with Crippen molar-refractivity contribution in [3.05, 3.63) is 40.5 Å². The Morgan fingerprint density at radius 3 is 2.95 bits per heavy atom. The highest BCUT2D eigenvalue weighted by atomic mass is 32.1. The maximum Gasteiger partial charge on any atom is 0.274 e. The number of nitrogens with zero attached hydrogens (tertiary/aromatic N) is 3. The van der Waals surface area contributed by atoms with Gasteiger partial charge in [-0.25, -0.2) is 4.98 Å². The Balaban J connectivity index is 2.15. The summed E-state index contributed by atoms with van der Waals surface area (Å²) in [4.78, 5) is 23.5. The summed E-state index contributed by atoms with van der Waals surface area (Å²) in [6, 6.07) is 4.01. The van der Waals surface area contributed by atoms with Crippen LogP contribution in [0.15, 0.2) is 29.9 Å². The standard InChI is InChI=1S/C13H16N4OS/c1-3-17(9-10-5-4-6-19-10)13(18)11-7-15-8-12(14-2)16-11/h4-8H,3,9H2,1-2H3,(H,14,16). The molecule has 2 heterocycles. The number of anilines is 1. The van der Waals surface area contributed by atoms with Crippen LogP contribution in [0.2, 0.25) is 0 Å². The monoisotopic (exact) mass is 276 g/mol. The van der Waals surface area contributed by atoms with E-state index < -0.39 is 0 Å². The van der Waals surface area contributed by atoms with Gasteiger partial charge in [0.05, 0.1) is 18.9 Å². The van der Waals surface area contributed by atoms with Crippen LogP contribution in [0.1, 0.15) is 22.3 Å². The average Bonchev–Trinajstić information content (AvgIpc) is 2.97. The van der Waals surface area contributed by atoms with Gasteiger partial charge >= 0.3 is 0 Å². The molecule has 0 aliphatic carbocycles. The van der Waals surface area contributed by atoms with Crippen molar-refractivity contribution in [1.82, 2.24) is 14.9 Å². The van der Waals surface area contributed by atoms with E-state index in [1.165, 1.54) is 6.20 Å². The molecule has 0 unspecified atom stereocenters.